The van der Waals surface area contributed by atoms with Crippen LogP contribution in [0, 0.1) is 0 Å². The van der Waals surface area contributed by atoms with E-state index >= 15 is 0 Å². The third-order valence-electron chi connectivity index (χ3n) is 3.95. The van der Waals surface area contributed by atoms with Gasteiger partial charge in [0.05, 0.1) is 25.3 Å². The predicted molar refractivity (Wildman–Crippen MR) is 86.2 cm³/mol. The fourth-order valence-corrected chi connectivity index (χ4v) is 2.68. The first-order valence-electron chi connectivity index (χ1n) is 7.86. The smallest absolute Gasteiger partial charge is 0.337 e. The topological polar surface area (TPSA) is 60.7 Å². The molecule has 122 valence electrons. The van der Waals surface area contributed by atoms with E-state index in [1.807, 2.05) is 24.3 Å². The summed E-state index contributed by atoms with van der Waals surface area (Å²) in [6, 6.07) is 11.1. The van der Waals surface area contributed by atoms with E-state index in [1.165, 1.54) is 7.11 Å². The Hall–Kier alpha value is -2.11. The molecule has 0 spiro atoms. The molecule has 1 atom stereocenters. The van der Waals surface area contributed by atoms with Crippen molar-refractivity contribution in [1.82, 2.24) is 5.32 Å². The highest BCUT2D eigenvalue weighted by molar-refractivity contribution is 5.89. The van der Waals surface area contributed by atoms with Gasteiger partial charge >= 0.3 is 5.97 Å². The van der Waals surface area contributed by atoms with Crippen molar-refractivity contribution in [1.29, 1.82) is 0 Å². The van der Waals surface area contributed by atoms with Gasteiger partial charge in [0.1, 0.15) is 11.5 Å². The van der Waals surface area contributed by atoms with Crippen LogP contribution in [-0.4, -0.2) is 32.3 Å². The van der Waals surface area contributed by atoms with Crippen molar-refractivity contribution in [3.8, 4) is 11.3 Å². The van der Waals surface area contributed by atoms with Crippen LogP contribution in [-0.2, 0) is 16.0 Å². The number of methoxy groups -OCH3 is 1. The van der Waals surface area contributed by atoms with Crippen molar-refractivity contribution in [2.45, 2.75) is 25.5 Å². The fraction of sp³-hybridized carbons (Fsp3) is 0.389. The molecule has 1 aromatic carbocycles. The molecule has 1 aliphatic heterocycles. The highest BCUT2D eigenvalue weighted by Crippen LogP contribution is 2.23. The second-order valence-corrected chi connectivity index (χ2v) is 5.60. The van der Waals surface area contributed by atoms with Gasteiger partial charge in [0, 0.05) is 18.7 Å². The Bertz CT molecular complexity index is 641. The number of rotatable bonds is 6. The zero-order valence-electron chi connectivity index (χ0n) is 13.2. The summed E-state index contributed by atoms with van der Waals surface area (Å²) in [7, 11) is 1.37. The second-order valence-electron chi connectivity index (χ2n) is 5.60. The van der Waals surface area contributed by atoms with Crippen LogP contribution in [0.5, 0.6) is 0 Å². The zero-order valence-corrected chi connectivity index (χ0v) is 13.2. The first-order chi connectivity index (χ1) is 11.3. The lowest BCUT2D eigenvalue weighted by Crippen LogP contribution is -2.25. The summed E-state index contributed by atoms with van der Waals surface area (Å²) in [5, 5.41) is 3.36. The Morgan fingerprint density at radius 1 is 1.26 bits per heavy atom. The summed E-state index contributed by atoms with van der Waals surface area (Å²) in [5.41, 5.74) is 1.46. The molecule has 1 fully saturated rings. The van der Waals surface area contributed by atoms with Crippen LogP contribution in [0.3, 0.4) is 0 Å². The summed E-state index contributed by atoms with van der Waals surface area (Å²) < 4.78 is 16.1. The molecule has 0 saturated carbocycles. The van der Waals surface area contributed by atoms with Crippen molar-refractivity contribution in [3.63, 3.8) is 0 Å². The van der Waals surface area contributed by atoms with E-state index in [2.05, 4.69) is 5.32 Å². The van der Waals surface area contributed by atoms with Gasteiger partial charge in [-0.3, -0.25) is 0 Å². The molecular weight excluding hydrogens is 294 g/mol. The number of furan rings is 1. The molecule has 5 heteroatoms. The van der Waals surface area contributed by atoms with E-state index in [1.54, 1.807) is 12.1 Å². The summed E-state index contributed by atoms with van der Waals surface area (Å²) >= 11 is 0. The number of hydrogen-bond acceptors (Lipinski definition) is 5. The number of ether oxygens (including phenoxy) is 2. The molecule has 2 aromatic rings. The minimum Gasteiger partial charge on any atom is -0.465 e. The van der Waals surface area contributed by atoms with Crippen LogP contribution in [0.2, 0.25) is 0 Å². The van der Waals surface area contributed by atoms with E-state index in [0.717, 1.165) is 43.1 Å². The summed E-state index contributed by atoms with van der Waals surface area (Å²) in [4.78, 5) is 11.4. The second kappa shape index (κ2) is 7.44. The molecule has 1 aliphatic rings. The summed E-state index contributed by atoms with van der Waals surface area (Å²) in [5.74, 6) is 1.33. The highest BCUT2D eigenvalue weighted by atomic mass is 16.5. The molecule has 23 heavy (non-hydrogen) atoms. The van der Waals surface area contributed by atoms with Gasteiger partial charge in [-0.2, -0.15) is 0 Å². The Labute approximate surface area is 135 Å². The van der Waals surface area contributed by atoms with Gasteiger partial charge in [0.2, 0.25) is 0 Å². The van der Waals surface area contributed by atoms with Gasteiger partial charge in [-0.15, -0.1) is 0 Å². The van der Waals surface area contributed by atoms with Crippen molar-refractivity contribution in [2.24, 2.45) is 0 Å². The maximum atomic E-state index is 11.4. The molecule has 0 bridgehead atoms. The number of carbonyl (C=O) groups is 1. The minimum atomic E-state index is -0.338. The first-order valence-corrected chi connectivity index (χ1v) is 7.86. The molecule has 0 amide bonds. The first kappa shape index (κ1) is 15.8. The normalized spacial score (nSPS) is 17.3. The maximum absolute atomic E-state index is 11.4. The molecule has 2 heterocycles. The molecule has 0 aliphatic carbocycles. The Morgan fingerprint density at radius 2 is 2.09 bits per heavy atom. The lowest BCUT2D eigenvalue weighted by Gasteiger charge is -2.09. The van der Waals surface area contributed by atoms with Gasteiger partial charge in [-0.25, -0.2) is 4.79 Å². The van der Waals surface area contributed by atoms with E-state index in [-0.39, 0.29) is 5.97 Å². The highest BCUT2D eigenvalue weighted by Gasteiger charge is 2.15. The molecular formula is C18H21NO4. The van der Waals surface area contributed by atoms with Crippen molar-refractivity contribution < 1.29 is 18.7 Å². The number of hydrogen-bond donors (Lipinski definition) is 1. The maximum Gasteiger partial charge on any atom is 0.337 e. The number of esters is 1. The predicted octanol–water partition coefficient (Wildman–Crippen LogP) is 3.00. The van der Waals surface area contributed by atoms with Crippen LogP contribution in [0.15, 0.2) is 40.8 Å². The summed E-state index contributed by atoms with van der Waals surface area (Å²) in [6.45, 7) is 2.41. The quantitative estimate of drug-likeness (QED) is 0.830. The zero-order chi connectivity index (χ0) is 16.1. The Morgan fingerprint density at radius 3 is 2.78 bits per heavy atom. The largest absolute Gasteiger partial charge is 0.465 e. The van der Waals surface area contributed by atoms with Crippen molar-refractivity contribution in [3.05, 3.63) is 47.7 Å². The van der Waals surface area contributed by atoms with Crippen LogP contribution in [0.1, 0.15) is 29.0 Å². The lowest BCUT2D eigenvalue weighted by molar-refractivity contribution is 0.0600. The molecule has 1 aromatic heterocycles. The number of nitrogens with one attached hydrogen (secondary N) is 1. The lowest BCUT2D eigenvalue weighted by atomic mass is 10.1. The van der Waals surface area contributed by atoms with Gasteiger partial charge in [0.25, 0.3) is 0 Å². The van der Waals surface area contributed by atoms with Crippen LogP contribution >= 0.6 is 0 Å². The average Bonchev–Trinajstić information content (AvgIpc) is 3.26. The number of carbonyl (C=O) groups excluding carboxylic acids is 1. The van der Waals surface area contributed by atoms with Gasteiger partial charge in [0.15, 0.2) is 0 Å². The third kappa shape index (κ3) is 4.00. The number of benzene rings is 1. The molecule has 3 rings (SSSR count). The summed E-state index contributed by atoms with van der Waals surface area (Å²) in [6.07, 6.45) is 2.61. The third-order valence-corrected chi connectivity index (χ3v) is 3.95. The van der Waals surface area contributed by atoms with Crippen molar-refractivity contribution in [2.75, 3.05) is 20.3 Å². The van der Waals surface area contributed by atoms with Crippen LogP contribution in [0.4, 0.5) is 0 Å². The molecule has 5 nitrogen and oxygen atoms in total. The van der Waals surface area contributed by atoms with Gasteiger partial charge in [-0.05, 0) is 37.1 Å². The standard InChI is InChI=1S/C18H21NO4/c1-21-18(20)14-6-4-13(5-7-14)17-9-8-16(23-17)12-19-11-15-3-2-10-22-15/h4-9,15,19H,2-3,10-12H2,1H3/t15-/m1/s1. The Kier molecular flexibility index (Phi) is 5.10. The van der Waals surface area contributed by atoms with Gasteiger partial charge in [-0.1, -0.05) is 12.1 Å². The van der Waals surface area contributed by atoms with E-state index in [4.69, 9.17) is 13.9 Å². The van der Waals surface area contributed by atoms with Crippen LogP contribution < -0.4 is 5.32 Å². The molecule has 0 radical (unpaired) electrons. The average molecular weight is 315 g/mol. The molecule has 1 saturated heterocycles. The SMILES string of the molecule is COC(=O)c1ccc(-c2ccc(CNC[C@H]3CCCO3)o2)cc1. The molecule has 0 unspecified atom stereocenters. The van der Waals surface area contributed by atoms with Gasteiger partial charge < -0.3 is 19.2 Å². The van der Waals surface area contributed by atoms with E-state index in [9.17, 15) is 4.79 Å². The van der Waals surface area contributed by atoms with Crippen LogP contribution in [0.25, 0.3) is 11.3 Å². The van der Waals surface area contributed by atoms with E-state index < -0.39 is 0 Å². The minimum absolute atomic E-state index is 0.329. The Balaban J connectivity index is 1.56. The van der Waals surface area contributed by atoms with E-state index in [0.29, 0.717) is 18.2 Å². The monoisotopic (exact) mass is 315 g/mol. The fourth-order valence-electron chi connectivity index (χ4n) is 2.68. The molecule has 1 N–H and O–H groups in total. The van der Waals surface area contributed by atoms with Crippen molar-refractivity contribution >= 4 is 5.97 Å².